The van der Waals surface area contributed by atoms with E-state index in [0.717, 1.165) is 24.8 Å². The summed E-state index contributed by atoms with van der Waals surface area (Å²) in [5.74, 6) is 0.691. The zero-order valence-electron chi connectivity index (χ0n) is 8.62. The Bertz CT molecular complexity index is 337. The van der Waals surface area contributed by atoms with Crippen LogP contribution in [0.3, 0.4) is 0 Å². The van der Waals surface area contributed by atoms with Crippen molar-refractivity contribution < 1.29 is 4.79 Å². The van der Waals surface area contributed by atoms with E-state index in [4.69, 9.17) is 0 Å². The Morgan fingerprint density at radius 1 is 1.36 bits per heavy atom. The first kappa shape index (κ1) is 9.45. The van der Waals surface area contributed by atoms with Gasteiger partial charge in [-0.25, -0.2) is 0 Å². The van der Waals surface area contributed by atoms with Gasteiger partial charge in [0.2, 0.25) is 0 Å². The van der Waals surface area contributed by atoms with Gasteiger partial charge in [0.1, 0.15) is 0 Å². The fraction of sp³-hybridized carbons (Fsp3) is 0.462. The molecule has 0 aromatic heterocycles. The molecule has 74 valence electrons. The number of benzene rings is 1. The van der Waals surface area contributed by atoms with Crippen molar-refractivity contribution in [2.45, 2.75) is 32.6 Å². The highest BCUT2D eigenvalue weighted by molar-refractivity contribution is 5.99. The summed E-state index contributed by atoms with van der Waals surface area (Å²) in [6.45, 7) is 2.10. The van der Waals surface area contributed by atoms with E-state index in [2.05, 4.69) is 13.0 Å². The monoisotopic (exact) mass is 188 g/mol. The lowest BCUT2D eigenvalue weighted by molar-refractivity contribution is 0.0854. The van der Waals surface area contributed by atoms with Crippen LogP contribution in [0.15, 0.2) is 24.3 Å². The Kier molecular flexibility index (Phi) is 2.67. The highest BCUT2D eigenvalue weighted by Crippen LogP contribution is 2.30. The van der Waals surface area contributed by atoms with Crippen LogP contribution in [-0.2, 0) is 6.42 Å². The molecule has 0 unspecified atom stereocenters. The van der Waals surface area contributed by atoms with Crippen molar-refractivity contribution in [2.24, 2.45) is 5.92 Å². The molecule has 1 aliphatic carbocycles. The normalized spacial score (nSPS) is 16.4. The minimum Gasteiger partial charge on any atom is -0.294 e. The molecule has 14 heavy (non-hydrogen) atoms. The highest BCUT2D eigenvalue weighted by Gasteiger charge is 2.26. The van der Waals surface area contributed by atoms with Crippen LogP contribution in [-0.4, -0.2) is 5.78 Å². The third-order valence-electron chi connectivity index (χ3n) is 3.14. The molecule has 1 aliphatic rings. The van der Waals surface area contributed by atoms with Gasteiger partial charge in [0, 0.05) is 11.5 Å². The van der Waals surface area contributed by atoms with Crippen LogP contribution in [0.1, 0.15) is 42.1 Å². The van der Waals surface area contributed by atoms with E-state index in [9.17, 15) is 4.79 Å². The summed E-state index contributed by atoms with van der Waals surface area (Å²) in [6.07, 6.45) is 4.37. The lowest BCUT2D eigenvalue weighted by Gasteiger charge is -2.24. The Morgan fingerprint density at radius 2 is 2.07 bits per heavy atom. The average molecular weight is 188 g/mol. The van der Waals surface area contributed by atoms with E-state index in [0.29, 0.717) is 11.7 Å². The Labute approximate surface area is 85.1 Å². The van der Waals surface area contributed by atoms with E-state index < -0.39 is 0 Å². The molecule has 1 aromatic rings. The van der Waals surface area contributed by atoms with Crippen LogP contribution in [0.25, 0.3) is 0 Å². The molecule has 0 amide bonds. The quantitative estimate of drug-likeness (QED) is 0.665. The molecule has 0 heterocycles. The predicted octanol–water partition coefficient (Wildman–Crippen LogP) is 3.23. The summed E-state index contributed by atoms with van der Waals surface area (Å²) in [5, 5.41) is 0. The number of aryl methyl sites for hydroxylation is 1. The van der Waals surface area contributed by atoms with Crippen molar-refractivity contribution in [3.63, 3.8) is 0 Å². The van der Waals surface area contributed by atoms with Crippen LogP contribution in [0.4, 0.5) is 0 Å². The van der Waals surface area contributed by atoms with Crippen LogP contribution >= 0.6 is 0 Å². The largest absolute Gasteiger partial charge is 0.294 e. The summed E-state index contributed by atoms with van der Waals surface area (Å²) in [6, 6.07) is 8.01. The SMILES string of the molecule is CCc1ccccc1C(=O)C1CCC1. The van der Waals surface area contributed by atoms with Gasteiger partial charge in [-0.2, -0.15) is 0 Å². The van der Waals surface area contributed by atoms with Gasteiger partial charge >= 0.3 is 0 Å². The molecule has 1 heteroatoms. The lowest BCUT2D eigenvalue weighted by atomic mass is 9.79. The van der Waals surface area contributed by atoms with Crippen LogP contribution < -0.4 is 0 Å². The van der Waals surface area contributed by atoms with Gasteiger partial charge in [0.15, 0.2) is 5.78 Å². The Morgan fingerprint density at radius 3 is 2.64 bits per heavy atom. The van der Waals surface area contributed by atoms with E-state index in [1.54, 1.807) is 0 Å². The summed E-state index contributed by atoms with van der Waals surface area (Å²) < 4.78 is 0. The number of hydrogen-bond donors (Lipinski definition) is 0. The molecule has 0 N–H and O–H groups in total. The van der Waals surface area contributed by atoms with E-state index in [1.165, 1.54) is 12.0 Å². The molecule has 1 saturated carbocycles. The maximum Gasteiger partial charge on any atom is 0.166 e. The first-order valence-electron chi connectivity index (χ1n) is 5.45. The third-order valence-corrected chi connectivity index (χ3v) is 3.14. The van der Waals surface area contributed by atoms with Crippen LogP contribution in [0.5, 0.6) is 0 Å². The fourth-order valence-corrected chi connectivity index (χ4v) is 1.96. The molecule has 1 nitrogen and oxygen atoms in total. The standard InChI is InChI=1S/C13H16O/c1-2-10-6-3-4-9-12(10)13(14)11-7-5-8-11/h3-4,6,9,11H,2,5,7-8H2,1H3. The van der Waals surface area contributed by atoms with Crippen molar-refractivity contribution in [1.82, 2.24) is 0 Å². The van der Waals surface area contributed by atoms with Crippen molar-refractivity contribution in [3.8, 4) is 0 Å². The van der Waals surface area contributed by atoms with Gasteiger partial charge in [0.25, 0.3) is 0 Å². The summed E-state index contributed by atoms with van der Waals surface area (Å²) in [7, 11) is 0. The molecular weight excluding hydrogens is 172 g/mol. The van der Waals surface area contributed by atoms with Gasteiger partial charge in [-0.1, -0.05) is 37.6 Å². The lowest BCUT2D eigenvalue weighted by Crippen LogP contribution is -2.22. The topological polar surface area (TPSA) is 17.1 Å². The number of Topliss-reactive ketones (excluding diaryl/α,β-unsaturated/α-hetero) is 1. The first-order chi connectivity index (χ1) is 6.83. The second-order valence-corrected chi connectivity index (χ2v) is 4.00. The number of hydrogen-bond acceptors (Lipinski definition) is 1. The first-order valence-corrected chi connectivity index (χ1v) is 5.45. The van der Waals surface area contributed by atoms with E-state index in [-0.39, 0.29) is 0 Å². The van der Waals surface area contributed by atoms with Gasteiger partial charge in [0.05, 0.1) is 0 Å². The molecule has 0 spiro atoms. The molecule has 0 bridgehead atoms. The molecule has 0 atom stereocenters. The zero-order valence-corrected chi connectivity index (χ0v) is 8.62. The summed E-state index contributed by atoms with van der Waals surface area (Å²) in [5.41, 5.74) is 2.16. The minimum atomic E-state index is 0.322. The second kappa shape index (κ2) is 3.95. The second-order valence-electron chi connectivity index (χ2n) is 4.00. The van der Waals surface area contributed by atoms with Crippen molar-refractivity contribution >= 4 is 5.78 Å². The molecule has 1 fully saturated rings. The van der Waals surface area contributed by atoms with E-state index >= 15 is 0 Å². The van der Waals surface area contributed by atoms with Crippen molar-refractivity contribution in [1.29, 1.82) is 0 Å². The Hall–Kier alpha value is -1.11. The maximum absolute atomic E-state index is 12.0. The maximum atomic E-state index is 12.0. The Balaban J connectivity index is 2.25. The number of carbonyl (C=O) groups excluding carboxylic acids is 1. The average Bonchev–Trinajstić information content (AvgIpc) is 2.15. The van der Waals surface area contributed by atoms with Crippen molar-refractivity contribution in [3.05, 3.63) is 35.4 Å². The molecular formula is C13H16O. The predicted molar refractivity (Wildman–Crippen MR) is 57.5 cm³/mol. The van der Waals surface area contributed by atoms with Crippen LogP contribution in [0, 0.1) is 5.92 Å². The molecule has 0 aliphatic heterocycles. The number of ketones is 1. The van der Waals surface area contributed by atoms with Gasteiger partial charge < -0.3 is 0 Å². The van der Waals surface area contributed by atoms with Crippen molar-refractivity contribution in [2.75, 3.05) is 0 Å². The minimum absolute atomic E-state index is 0.322. The van der Waals surface area contributed by atoms with Gasteiger partial charge in [-0.15, -0.1) is 0 Å². The number of rotatable bonds is 3. The van der Waals surface area contributed by atoms with Gasteiger partial charge in [-0.05, 0) is 24.8 Å². The summed E-state index contributed by atoms with van der Waals surface area (Å²) >= 11 is 0. The zero-order chi connectivity index (χ0) is 9.97. The molecule has 1 aromatic carbocycles. The van der Waals surface area contributed by atoms with Crippen LogP contribution in [0.2, 0.25) is 0 Å². The third kappa shape index (κ3) is 1.59. The van der Waals surface area contributed by atoms with Gasteiger partial charge in [-0.3, -0.25) is 4.79 Å². The fourth-order valence-electron chi connectivity index (χ4n) is 1.96. The summed E-state index contributed by atoms with van der Waals surface area (Å²) in [4.78, 5) is 12.0. The molecule has 0 radical (unpaired) electrons. The smallest absolute Gasteiger partial charge is 0.166 e. The molecule has 2 rings (SSSR count). The highest BCUT2D eigenvalue weighted by atomic mass is 16.1. The number of carbonyl (C=O) groups is 1. The molecule has 0 saturated heterocycles. The van der Waals surface area contributed by atoms with E-state index in [1.807, 2.05) is 18.2 Å².